The van der Waals surface area contributed by atoms with Crippen LogP contribution in [-0.2, 0) is 11.3 Å². The number of aromatic nitrogens is 2. The second-order valence-electron chi connectivity index (χ2n) is 5.30. The van der Waals surface area contributed by atoms with Crippen LogP contribution in [0.15, 0.2) is 9.59 Å². The summed E-state index contributed by atoms with van der Waals surface area (Å²) in [6, 6.07) is 0. The maximum atomic E-state index is 12.1. The number of anilines is 2. The Balaban J connectivity index is 3.13. The fourth-order valence-corrected chi connectivity index (χ4v) is 1.54. The zero-order chi connectivity index (χ0) is 15.5. The molecule has 0 bridgehead atoms. The first-order valence-corrected chi connectivity index (χ1v) is 6.28. The van der Waals surface area contributed by atoms with Gasteiger partial charge in [0.2, 0.25) is 0 Å². The van der Waals surface area contributed by atoms with E-state index in [0.29, 0.717) is 6.42 Å². The number of carbonyl (C=O) groups excluding carboxylic acids is 1. The van der Waals surface area contributed by atoms with Crippen LogP contribution in [0.2, 0.25) is 0 Å². The monoisotopic (exact) mass is 284 g/mol. The molecule has 0 atom stereocenters. The fraction of sp³-hybridized carbons (Fsp3) is 0.583. The van der Waals surface area contributed by atoms with Crippen molar-refractivity contribution in [3.05, 3.63) is 20.8 Å². The maximum Gasteiger partial charge on any atom is 0.412 e. The molecule has 0 aliphatic rings. The highest BCUT2D eigenvalue weighted by atomic mass is 16.6. The predicted molar refractivity (Wildman–Crippen MR) is 75.9 cm³/mol. The number of nitrogens with two attached hydrogens (primary N) is 1. The van der Waals surface area contributed by atoms with E-state index >= 15 is 0 Å². The highest BCUT2D eigenvalue weighted by molar-refractivity contribution is 5.87. The zero-order valence-corrected chi connectivity index (χ0v) is 12.1. The molecule has 1 aromatic rings. The van der Waals surface area contributed by atoms with Gasteiger partial charge in [0.25, 0.3) is 5.56 Å². The molecule has 0 spiro atoms. The van der Waals surface area contributed by atoms with Crippen LogP contribution >= 0.6 is 0 Å². The minimum Gasteiger partial charge on any atom is -0.444 e. The lowest BCUT2D eigenvalue weighted by Crippen LogP contribution is -2.39. The van der Waals surface area contributed by atoms with Gasteiger partial charge in [-0.1, -0.05) is 6.92 Å². The topological polar surface area (TPSA) is 119 Å². The van der Waals surface area contributed by atoms with Crippen molar-refractivity contribution in [2.45, 2.75) is 46.3 Å². The number of hydrogen-bond acceptors (Lipinski definition) is 5. The summed E-state index contributed by atoms with van der Waals surface area (Å²) in [5, 5.41) is 2.27. The lowest BCUT2D eigenvalue weighted by Gasteiger charge is -2.20. The van der Waals surface area contributed by atoms with Gasteiger partial charge in [0.1, 0.15) is 11.4 Å². The number of carbonyl (C=O) groups is 1. The Morgan fingerprint density at radius 2 is 2.00 bits per heavy atom. The molecule has 20 heavy (non-hydrogen) atoms. The molecular formula is C12H20N4O4. The smallest absolute Gasteiger partial charge is 0.412 e. The van der Waals surface area contributed by atoms with Crippen molar-refractivity contribution in [3.63, 3.8) is 0 Å². The molecule has 8 heteroatoms. The molecule has 8 nitrogen and oxygen atoms in total. The summed E-state index contributed by atoms with van der Waals surface area (Å²) >= 11 is 0. The molecule has 1 heterocycles. The molecule has 1 rings (SSSR count). The van der Waals surface area contributed by atoms with Gasteiger partial charge >= 0.3 is 11.8 Å². The molecule has 0 saturated heterocycles. The third-order valence-electron chi connectivity index (χ3n) is 2.29. The first-order chi connectivity index (χ1) is 9.15. The summed E-state index contributed by atoms with van der Waals surface area (Å²) in [5.74, 6) is -0.196. The van der Waals surface area contributed by atoms with E-state index in [1.54, 1.807) is 20.8 Å². The zero-order valence-electron chi connectivity index (χ0n) is 12.1. The molecule has 0 fully saturated rings. The summed E-state index contributed by atoms with van der Waals surface area (Å²) in [6.45, 7) is 7.13. The number of amides is 1. The Morgan fingerprint density at radius 3 is 2.50 bits per heavy atom. The van der Waals surface area contributed by atoms with Crippen LogP contribution in [-0.4, -0.2) is 21.2 Å². The van der Waals surface area contributed by atoms with E-state index in [1.165, 1.54) is 0 Å². The van der Waals surface area contributed by atoms with Gasteiger partial charge in [-0.2, -0.15) is 0 Å². The fourth-order valence-electron chi connectivity index (χ4n) is 1.54. The summed E-state index contributed by atoms with van der Waals surface area (Å²) in [6.07, 6.45) is -0.213. The summed E-state index contributed by atoms with van der Waals surface area (Å²) in [4.78, 5) is 37.7. The highest BCUT2D eigenvalue weighted by Crippen LogP contribution is 2.11. The molecule has 0 aliphatic carbocycles. The largest absolute Gasteiger partial charge is 0.444 e. The van der Waals surface area contributed by atoms with Crippen LogP contribution in [0.3, 0.4) is 0 Å². The summed E-state index contributed by atoms with van der Waals surface area (Å²) in [7, 11) is 0. The third-order valence-corrected chi connectivity index (χ3v) is 2.29. The lowest BCUT2D eigenvalue weighted by atomic mass is 10.2. The SMILES string of the molecule is CCCn1c(=O)[nH]c(N)c(NC(=O)OC(C)(C)C)c1=O. The Kier molecular flexibility index (Phi) is 4.59. The normalized spacial score (nSPS) is 11.2. The van der Waals surface area contributed by atoms with Crippen molar-refractivity contribution >= 4 is 17.6 Å². The second kappa shape index (κ2) is 5.81. The number of nitrogens with zero attached hydrogens (tertiary/aromatic N) is 1. The van der Waals surface area contributed by atoms with E-state index in [2.05, 4.69) is 10.3 Å². The molecule has 1 aromatic heterocycles. The average Bonchev–Trinajstić information content (AvgIpc) is 2.27. The van der Waals surface area contributed by atoms with Crippen molar-refractivity contribution < 1.29 is 9.53 Å². The number of rotatable bonds is 3. The van der Waals surface area contributed by atoms with E-state index in [4.69, 9.17) is 10.5 Å². The van der Waals surface area contributed by atoms with Crippen molar-refractivity contribution in [3.8, 4) is 0 Å². The lowest BCUT2D eigenvalue weighted by molar-refractivity contribution is 0.0635. The Morgan fingerprint density at radius 1 is 1.40 bits per heavy atom. The molecule has 0 aliphatic heterocycles. The van der Waals surface area contributed by atoms with Crippen LogP contribution < -0.4 is 22.3 Å². The number of nitrogen functional groups attached to an aromatic ring is 1. The van der Waals surface area contributed by atoms with Gasteiger partial charge in [-0.05, 0) is 27.2 Å². The van der Waals surface area contributed by atoms with Crippen molar-refractivity contribution in [1.82, 2.24) is 9.55 Å². The standard InChI is InChI=1S/C12H20N4O4/c1-5-6-16-9(17)7(8(13)15-10(16)18)14-11(19)20-12(2,3)4/h5-6,13H2,1-4H3,(H,14,19)(H,15,18). The van der Waals surface area contributed by atoms with Crippen LogP contribution in [0.1, 0.15) is 34.1 Å². The van der Waals surface area contributed by atoms with Gasteiger partial charge in [0, 0.05) is 6.54 Å². The van der Waals surface area contributed by atoms with Crippen LogP contribution in [0, 0.1) is 0 Å². The molecule has 0 saturated carbocycles. The maximum absolute atomic E-state index is 12.1. The molecular weight excluding hydrogens is 264 g/mol. The first kappa shape index (κ1) is 15.8. The summed E-state index contributed by atoms with van der Waals surface area (Å²) < 4.78 is 6.01. The van der Waals surface area contributed by atoms with Gasteiger partial charge in [0.15, 0.2) is 5.69 Å². The van der Waals surface area contributed by atoms with Crippen LogP contribution in [0.25, 0.3) is 0 Å². The van der Waals surface area contributed by atoms with Crippen molar-refractivity contribution in [2.75, 3.05) is 11.1 Å². The number of ether oxygens (including phenoxy) is 1. The van der Waals surface area contributed by atoms with Crippen molar-refractivity contribution in [1.29, 1.82) is 0 Å². The quantitative estimate of drug-likeness (QED) is 0.761. The van der Waals surface area contributed by atoms with Crippen LogP contribution in [0.5, 0.6) is 0 Å². The molecule has 0 radical (unpaired) electrons. The minimum absolute atomic E-state index is 0.188. The molecule has 4 N–H and O–H groups in total. The second-order valence-corrected chi connectivity index (χ2v) is 5.30. The van der Waals surface area contributed by atoms with E-state index in [9.17, 15) is 14.4 Å². The molecule has 1 amide bonds. The Hall–Kier alpha value is -2.25. The van der Waals surface area contributed by atoms with Gasteiger partial charge in [-0.3, -0.25) is 19.7 Å². The third kappa shape index (κ3) is 3.87. The van der Waals surface area contributed by atoms with Gasteiger partial charge in [-0.25, -0.2) is 9.59 Å². The predicted octanol–water partition coefficient (Wildman–Crippen LogP) is 0.876. The van der Waals surface area contributed by atoms with E-state index in [1.807, 2.05) is 6.92 Å². The first-order valence-electron chi connectivity index (χ1n) is 6.28. The number of hydrogen-bond donors (Lipinski definition) is 3. The average molecular weight is 284 g/mol. The molecule has 0 aromatic carbocycles. The van der Waals surface area contributed by atoms with E-state index < -0.39 is 22.9 Å². The molecule has 112 valence electrons. The summed E-state index contributed by atoms with van der Waals surface area (Å²) in [5.41, 5.74) is 3.41. The number of nitrogens with one attached hydrogen (secondary N) is 2. The number of aromatic amines is 1. The van der Waals surface area contributed by atoms with E-state index in [0.717, 1.165) is 4.57 Å². The van der Waals surface area contributed by atoms with Gasteiger partial charge < -0.3 is 10.5 Å². The highest BCUT2D eigenvalue weighted by Gasteiger charge is 2.19. The Labute approximate surface area is 115 Å². The minimum atomic E-state index is -0.809. The Bertz CT molecular complexity index is 609. The molecule has 0 unspecified atom stereocenters. The van der Waals surface area contributed by atoms with Crippen LogP contribution in [0.4, 0.5) is 16.3 Å². The van der Waals surface area contributed by atoms with Gasteiger partial charge in [0.05, 0.1) is 0 Å². The van der Waals surface area contributed by atoms with Crippen molar-refractivity contribution in [2.24, 2.45) is 0 Å². The van der Waals surface area contributed by atoms with E-state index in [-0.39, 0.29) is 18.1 Å². The number of H-pyrrole nitrogens is 1. The van der Waals surface area contributed by atoms with Gasteiger partial charge in [-0.15, -0.1) is 0 Å².